The van der Waals surface area contributed by atoms with Crippen LogP contribution in [-0.4, -0.2) is 33.6 Å². The van der Waals surface area contributed by atoms with Crippen LogP contribution in [-0.2, 0) is 11.2 Å². The van der Waals surface area contributed by atoms with E-state index in [2.05, 4.69) is 14.5 Å². The van der Waals surface area contributed by atoms with Gasteiger partial charge in [-0.15, -0.1) is 11.6 Å². The number of fused-ring (bicyclic) bond motifs is 1. The Hall–Kier alpha value is -0.840. The highest BCUT2D eigenvalue weighted by atomic mass is 35.5. The number of rotatable bonds is 3. The van der Waals surface area contributed by atoms with Gasteiger partial charge in [-0.25, -0.2) is 4.98 Å². The molecule has 1 atom stereocenters. The van der Waals surface area contributed by atoms with Crippen LogP contribution >= 0.6 is 23.2 Å². The highest BCUT2D eigenvalue weighted by molar-refractivity contribution is 6.34. The third kappa shape index (κ3) is 1.98. The van der Waals surface area contributed by atoms with E-state index in [1.807, 2.05) is 0 Å². The maximum absolute atomic E-state index is 6.26. The van der Waals surface area contributed by atoms with Gasteiger partial charge in [0.05, 0.1) is 29.4 Å². The minimum atomic E-state index is 0.299. The minimum absolute atomic E-state index is 0.299. The van der Waals surface area contributed by atoms with Gasteiger partial charge in [-0.3, -0.25) is 4.98 Å². The van der Waals surface area contributed by atoms with Gasteiger partial charge in [0, 0.05) is 25.1 Å². The van der Waals surface area contributed by atoms with Crippen LogP contribution in [0.5, 0.6) is 0 Å². The summed E-state index contributed by atoms with van der Waals surface area (Å²) >= 11 is 12.1. The van der Waals surface area contributed by atoms with Crippen molar-refractivity contribution in [1.29, 1.82) is 0 Å². The summed E-state index contributed by atoms with van der Waals surface area (Å²) in [5, 5.41) is 0.632. The van der Waals surface area contributed by atoms with Crippen LogP contribution in [0.2, 0.25) is 5.02 Å². The van der Waals surface area contributed by atoms with Crippen LogP contribution in [0, 0.1) is 0 Å². The molecule has 3 rings (SSSR count). The Balaban J connectivity index is 2.19. The molecule has 0 saturated carbocycles. The van der Waals surface area contributed by atoms with E-state index in [0.717, 1.165) is 36.3 Å². The highest BCUT2D eigenvalue weighted by Crippen LogP contribution is 2.30. The number of hydrogen-bond acceptors (Lipinski definition) is 3. The van der Waals surface area contributed by atoms with Gasteiger partial charge in [-0.05, 0) is 6.42 Å². The largest absolute Gasteiger partial charge is 0.379 e. The summed E-state index contributed by atoms with van der Waals surface area (Å²) in [4.78, 5) is 8.67. The standard InChI is InChI=1S/C12H13Cl2N3O/c13-3-1-11-16-10-6-15-5-9(14)12(10)17(11)8-2-4-18-7-8/h5-6,8H,1-4,7H2. The lowest BCUT2D eigenvalue weighted by molar-refractivity contribution is 0.186. The first-order valence-electron chi connectivity index (χ1n) is 5.95. The molecule has 0 spiro atoms. The number of imidazole rings is 1. The molecular weight excluding hydrogens is 273 g/mol. The van der Waals surface area contributed by atoms with Gasteiger partial charge in [0.2, 0.25) is 0 Å². The van der Waals surface area contributed by atoms with E-state index in [1.165, 1.54) is 0 Å². The fourth-order valence-electron chi connectivity index (χ4n) is 2.44. The monoisotopic (exact) mass is 285 g/mol. The first kappa shape index (κ1) is 12.2. The molecule has 0 radical (unpaired) electrons. The Morgan fingerprint density at radius 3 is 3.06 bits per heavy atom. The van der Waals surface area contributed by atoms with E-state index in [4.69, 9.17) is 27.9 Å². The van der Waals surface area contributed by atoms with E-state index < -0.39 is 0 Å². The van der Waals surface area contributed by atoms with Gasteiger partial charge in [0.25, 0.3) is 0 Å². The molecule has 96 valence electrons. The average molecular weight is 286 g/mol. The normalized spacial score (nSPS) is 19.8. The molecule has 0 aliphatic carbocycles. The van der Waals surface area contributed by atoms with Crippen LogP contribution in [0.25, 0.3) is 11.0 Å². The van der Waals surface area contributed by atoms with Gasteiger partial charge in [-0.1, -0.05) is 11.6 Å². The quantitative estimate of drug-likeness (QED) is 0.814. The zero-order valence-corrected chi connectivity index (χ0v) is 11.3. The van der Waals surface area contributed by atoms with Crippen LogP contribution in [0.3, 0.4) is 0 Å². The molecule has 1 aliphatic rings. The molecule has 0 aromatic carbocycles. The number of alkyl halides is 1. The Morgan fingerprint density at radius 1 is 1.44 bits per heavy atom. The van der Waals surface area contributed by atoms with Crippen molar-refractivity contribution < 1.29 is 4.74 Å². The van der Waals surface area contributed by atoms with E-state index in [9.17, 15) is 0 Å². The van der Waals surface area contributed by atoms with Crippen molar-refractivity contribution in [3.8, 4) is 0 Å². The van der Waals surface area contributed by atoms with Crippen molar-refractivity contribution in [3.63, 3.8) is 0 Å². The van der Waals surface area contributed by atoms with E-state index >= 15 is 0 Å². The summed E-state index contributed by atoms with van der Waals surface area (Å²) < 4.78 is 7.64. The van der Waals surface area contributed by atoms with Gasteiger partial charge in [-0.2, -0.15) is 0 Å². The van der Waals surface area contributed by atoms with Crippen molar-refractivity contribution in [3.05, 3.63) is 23.2 Å². The number of hydrogen-bond donors (Lipinski definition) is 0. The summed E-state index contributed by atoms with van der Waals surface area (Å²) in [6.45, 7) is 1.49. The fraction of sp³-hybridized carbons (Fsp3) is 0.500. The smallest absolute Gasteiger partial charge is 0.111 e. The van der Waals surface area contributed by atoms with Crippen LogP contribution < -0.4 is 0 Å². The molecule has 1 unspecified atom stereocenters. The van der Waals surface area contributed by atoms with Crippen LogP contribution in [0.4, 0.5) is 0 Å². The average Bonchev–Trinajstić information content (AvgIpc) is 2.96. The van der Waals surface area contributed by atoms with Gasteiger partial charge < -0.3 is 9.30 Å². The summed E-state index contributed by atoms with van der Waals surface area (Å²) in [7, 11) is 0. The zero-order chi connectivity index (χ0) is 12.5. The summed E-state index contributed by atoms with van der Waals surface area (Å²) in [5.41, 5.74) is 1.77. The molecule has 4 nitrogen and oxygen atoms in total. The van der Waals surface area contributed by atoms with E-state index in [1.54, 1.807) is 12.4 Å². The second-order valence-electron chi connectivity index (χ2n) is 4.34. The predicted octanol–water partition coefficient (Wildman–Crippen LogP) is 2.83. The molecule has 1 fully saturated rings. The molecule has 3 heterocycles. The van der Waals surface area contributed by atoms with Gasteiger partial charge >= 0.3 is 0 Å². The van der Waals surface area contributed by atoms with Crippen molar-refractivity contribution in [2.45, 2.75) is 18.9 Å². The first-order chi connectivity index (χ1) is 8.81. The third-order valence-corrected chi connectivity index (χ3v) is 3.68. The molecule has 1 aliphatic heterocycles. The van der Waals surface area contributed by atoms with Crippen LogP contribution in [0.15, 0.2) is 12.4 Å². The topological polar surface area (TPSA) is 39.9 Å². The predicted molar refractivity (Wildman–Crippen MR) is 71.4 cm³/mol. The molecule has 0 amide bonds. The number of pyridine rings is 1. The van der Waals surface area contributed by atoms with Crippen molar-refractivity contribution in [2.75, 3.05) is 19.1 Å². The van der Waals surface area contributed by atoms with Crippen molar-refractivity contribution in [1.82, 2.24) is 14.5 Å². The minimum Gasteiger partial charge on any atom is -0.379 e. The lowest BCUT2D eigenvalue weighted by Gasteiger charge is -2.15. The third-order valence-electron chi connectivity index (χ3n) is 3.21. The number of nitrogens with zero attached hydrogens (tertiary/aromatic N) is 3. The summed E-state index contributed by atoms with van der Waals surface area (Å²) in [5.74, 6) is 1.51. The second kappa shape index (κ2) is 5.03. The Labute approximate surface area is 115 Å². The Bertz CT molecular complexity index is 564. The SMILES string of the molecule is ClCCc1nc2cncc(Cl)c2n1C1CCOC1. The fourth-order valence-corrected chi connectivity index (χ4v) is 2.85. The molecule has 2 aromatic heterocycles. The first-order valence-corrected chi connectivity index (χ1v) is 6.86. The number of aryl methyl sites for hydroxylation is 1. The molecule has 0 N–H and O–H groups in total. The molecule has 2 aromatic rings. The maximum Gasteiger partial charge on any atom is 0.111 e. The Morgan fingerprint density at radius 2 is 2.33 bits per heavy atom. The molecule has 1 saturated heterocycles. The molecule has 0 bridgehead atoms. The van der Waals surface area contributed by atoms with Gasteiger partial charge in [0.1, 0.15) is 11.3 Å². The van der Waals surface area contributed by atoms with Gasteiger partial charge in [0.15, 0.2) is 0 Å². The lowest BCUT2D eigenvalue weighted by atomic mass is 10.2. The Kier molecular flexibility index (Phi) is 3.41. The van der Waals surface area contributed by atoms with E-state index in [-0.39, 0.29) is 0 Å². The lowest BCUT2D eigenvalue weighted by Crippen LogP contribution is -2.13. The zero-order valence-electron chi connectivity index (χ0n) is 9.77. The summed E-state index contributed by atoms with van der Waals surface area (Å²) in [6.07, 6.45) is 5.11. The highest BCUT2D eigenvalue weighted by Gasteiger charge is 2.24. The number of ether oxygens (including phenoxy) is 1. The second-order valence-corrected chi connectivity index (χ2v) is 5.13. The summed E-state index contributed by atoms with van der Waals surface area (Å²) in [6, 6.07) is 0.299. The molecule has 18 heavy (non-hydrogen) atoms. The van der Waals surface area contributed by atoms with E-state index in [0.29, 0.717) is 23.6 Å². The number of halogens is 2. The van der Waals surface area contributed by atoms with Crippen molar-refractivity contribution in [2.24, 2.45) is 0 Å². The number of aromatic nitrogens is 3. The molecule has 6 heteroatoms. The van der Waals surface area contributed by atoms with Crippen molar-refractivity contribution >= 4 is 34.2 Å². The maximum atomic E-state index is 6.26. The van der Waals surface area contributed by atoms with Crippen LogP contribution in [0.1, 0.15) is 18.3 Å². The molecular formula is C12H13Cl2N3O.